The minimum absolute atomic E-state index is 0.0517. The first-order valence-electron chi connectivity index (χ1n) is 7.92. The van der Waals surface area contributed by atoms with Crippen LogP contribution >= 0.6 is 0 Å². The monoisotopic (exact) mass is 313 g/mol. The summed E-state index contributed by atoms with van der Waals surface area (Å²) >= 11 is 0. The Morgan fingerprint density at radius 2 is 2.13 bits per heavy atom. The van der Waals surface area contributed by atoms with Crippen LogP contribution in [0.4, 0.5) is 0 Å². The molecule has 5 nitrogen and oxygen atoms in total. The van der Waals surface area contributed by atoms with Gasteiger partial charge in [0.1, 0.15) is 5.41 Å². The Balaban J connectivity index is 1.87. The molecule has 1 saturated carbocycles. The zero-order chi connectivity index (χ0) is 16.7. The first kappa shape index (κ1) is 15.7. The van der Waals surface area contributed by atoms with Crippen molar-refractivity contribution in [2.75, 3.05) is 6.54 Å². The molecule has 122 valence electrons. The predicted octanol–water partition coefficient (Wildman–Crippen LogP) is 2.59. The van der Waals surface area contributed by atoms with Gasteiger partial charge < -0.3 is 15.4 Å². The van der Waals surface area contributed by atoms with Gasteiger partial charge in [0.2, 0.25) is 0 Å². The van der Waals surface area contributed by atoms with Gasteiger partial charge in [0.15, 0.2) is 0 Å². The lowest BCUT2D eigenvalue weighted by Crippen LogP contribution is -2.28. The van der Waals surface area contributed by atoms with Crippen LogP contribution in [0.3, 0.4) is 0 Å². The minimum Gasteiger partial charge on any atom is -0.481 e. The zero-order valence-electron chi connectivity index (χ0n) is 13.6. The number of carboxylic acids is 1. The number of para-hydroxylation sites is 1. The zero-order valence-corrected chi connectivity index (χ0v) is 13.6. The highest BCUT2D eigenvalue weighted by Crippen LogP contribution is 2.58. The Labute approximate surface area is 136 Å². The number of nitrogens with two attached hydrogens (primary N) is 1. The van der Waals surface area contributed by atoms with Gasteiger partial charge in [-0.15, -0.1) is 0 Å². The molecule has 0 amide bonds. The molecular weight excluding hydrogens is 290 g/mol. The maximum atomic E-state index is 11.9. The normalized spacial score (nSPS) is 23.7. The van der Waals surface area contributed by atoms with Crippen LogP contribution in [0.2, 0.25) is 0 Å². The van der Waals surface area contributed by atoms with Crippen molar-refractivity contribution in [2.24, 2.45) is 17.1 Å². The van der Waals surface area contributed by atoms with E-state index >= 15 is 0 Å². The van der Waals surface area contributed by atoms with Crippen LogP contribution in [0.15, 0.2) is 42.9 Å². The number of aromatic nitrogens is 2. The molecule has 1 heterocycles. The molecule has 3 rings (SSSR count). The minimum atomic E-state index is -0.855. The van der Waals surface area contributed by atoms with Gasteiger partial charge in [-0.25, -0.2) is 4.98 Å². The SMILES string of the molecule is CC(C)(CN)C[C@@H]1C[C@@]1(C(=O)O)c1cn(-c2ccccc2)cn1. The molecule has 1 aromatic heterocycles. The molecule has 0 unspecified atom stereocenters. The van der Waals surface area contributed by atoms with Crippen molar-refractivity contribution in [3.63, 3.8) is 0 Å². The van der Waals surface area contributed by atoms with E-state index in [9.17, 15) is 9.90 Å². The Morgan fingerprint density at radius 3 is 2.74 bits per heavy atom. The lowest BCUT2D eigenvalue weighted by Gasteiger charge is -2.23. The van der Waals surface area contributed by atoms with E-state index in [1.807, 2.05) is 41.1 Å². The molecule has 5 heteroatoms. The van der Waals surface area contributed by atoms with E-state index in [-0.39, 0.29) is 11.3 Å². The van der Waals surface area contributed by atoms with Crippen LogP contribution in [-0.4, -0.2) is 27.2 Å². The van der Waals surface area contributed by atoms with Gasteiger partial charge >= 0.3 is 5.97 Å². The molecule has 0 spiro atoms. The largest absolute Gasteiger partial charge is 0.481 e. The summed E-state index contributed by atoms with van der Waals surface area (Å²) in [6.07, 6.45) is 4.98. The second-order valence-electron chi connectivity index (χ2n) is 7.25. The fraction of sp³-hybridized carbons (Fsp3) is 0.444. The van der Waals surface area contributed by atoms with Crippen molar-refractivity contribution < 1.29 is 9.90 Å². The van der Waals surface area contributed by atoms with Gasteiger partial charge in [0, 0.05) is 11.9 Å². The average Bonchev–Trinajstić information content (AvgIpc) is 3.03. The van der Waals surface area contributed by atoms with E-state index < -0.39 is 11.4 Å². The van der Waals surface area contributed by atoms with Crippen LogP contribution in [0.25, 0.3) is 5.69 Å². The lowest BCUT2D eigenvalue weighted by atomic mass is 9.84. The van der Waals surface area contributed by atoms with E-state index in [0.29, 0.717) is 18.7 Å². The summed E-state index contributed by atoms with van der Waals surface area (Å²) in [5.41, 5.74) is 6.52. The first-order valence-corrected chi connectivity index (χ1v) is 7.92. The van der Waals surface area contributed by atoms with Gasteiger partial charge in [-0.1, -0.05) is 32.0 Å². The smallest absolute Gasteiger partial charge is 0.316 e. The second kappa shape index (κ2) is 5.49. The van der Waals surface area contributed by atoms with E-state index in [2.05, 4.69) is 18.8 Å². The third-order valence-electron chi connectivity index (χ3n) is 4.93. The molecule has 1 aromatic carbocycles. The van der Waals surface area contributed by atoms with Crippen LogP contribution in [0.1, 0.15) is 32.4 Å². The summed E-state index contributed by atoms with van der Waals surface area (Å²) < 4.78 is 1.88. The maximum absolute atomic E-state index is 11.9. The van der Waals surface area contributed by atoms with E-state index in [1.165, 1.54) is 0 Å². The molecule has 3 N–H and O–H groups in total. The van der Waals surface area contributed by atoms with Crippen molar-refractivity contribution >= 4 is 5.97 Å². The molecule has 1 aliphatic carbocycles. The molecule has 1 aliphatic rings. The Hall–Kier alpha value is -2.14. The number of imidazole rings is 1. The van der Waals surface area contributed by atoms with Crippen LogP contribution < -0.4 is 5.73 Å². The summed E-state index contributed by atoms with van der Waals surface area (Å²) in [6, 6.07) is 9.80. The quantitative estimate of drug-likeness (QED) is 0.859. The fourth-order valence-electron chi connectivity index (χ4n) is 3.31. The van der Waals surface area contributed by atoms with Crippen LogP contribution in [-0.2, 0) is 10.2 Å². The second-order valence-corrected chi connectivity index (χ2v) is 7.25. The molecule has 0 saturated heterocycles. The van der Waals surface area contributed by atoms with E-state index in [1.54, 1.807) is 6.33 Å². The Kier molecular flexibility index (Phi) is 3.76. The molecule has 2 aromatic rings. The van der Waals surface area contributed by atoms with Crippen molar-refractivity contribution in [3.05, 3.63) is 48.5 Å². The van der Waals surface area contributed by atoms with Gasteiger partial charge in [0.25, 0.3) is 0 Å². The van der Waals surface area contributed by atoms with Gasteiger partial charge in [0.05, 0.1) is 12.0 Å². The topological polar surface area (TPSA) is 81.1 Å². The highest BCUT2D eigenvalue weighted by atomic mass is 16.4. The van der Waals surface area contributed by atoms with E-state index in [4.69, 9.17) is 5.73 Å². The van der Waals surface area contributed by atoms with Crippen molar-refractivity contribution in [3.8, 4) is 5.69 Å². The lowest BCUT2D eigenvalue weighted by molar-refractivity contribution is -0.140. The summed E-state index contributed by atoms with van der Waals surface area (Å²) in [4.78, 5) is 16.3. The predicted molar refractivity (Wildman–Crippen MR) is 88.4 cm³/mol. The standard InChI is InChI=1S/C18H23N3O2/c1-17(2,11-19)8-13-9-18(13,16(22)23)15-10-21(12-20-15)14-6-4-3-5-7-14/h3-7,10,12-13H,8-9,11,19H2,1-2H3,(H,22,23)/t13-,18+/m1/s1. The fourth-order valence-corrected chi connectivity index (χ4v) is 3.31. The molecule has 0 radical (unpaired) electrons. The molecule has 1 fully saturated rings. The number of hydrogen-bond donors (Lipinski definition) is 2. The number of benzene rings is 1. The van der Waals surface area contributed by atoms with Gasteiger partial charge in [-0.2, -0.15) is 0 Å². The van der Waals surface area contributed by atoms with Crippen molar-refractivity contribution in [2.45, 2.75) is 32.1 Å². The molecule has 23 heavy (non-hydrogen) atoms. The Morgan fingerprint density at radius 1 is 1.43 bits per heavy atom. The van der Waals surface area contributed by atoms with Gasteiger partial charge in [-0.05, 0) is 42.9 Å². The Bertz CT molecular complexity index is 708. The summed E-state index contributed by atoms with van der Waals surface area (Å²) in [5.74, 6) is -0.689. The number of carboxylic acid groups (broad SMARTS) is 1. The number of rotatable bonds is 6. The summed E-state index contributed by atoms with van der Waals surface area (Å²) in [6.45, 7) is 4.72. The third-order valence-corrected chi connectivity index (χ3v) is 4.93. The maximum Gasteiger partial charge on any atom is 0.316 e. The highest BCUT2D eigenvalue weighted by molar-refractivity contribution is 5.85. The van der Waals surface area contributed by atoms with Crippen molar-refractivity contribution in [1.82, 2.24) is 9.55 Å². The first-order chi connectivity index (χ1) is 10.9. The van der Waals surface area contributed by atoms with Crippen LogP contribution in [0, 0.1) is 11.3 Å². The number of carbonyl (C=O) groups is 1. The molecular formula is C18H23N3O2. The number of hydrogen-bond acceptors (Lipinski definition) is 3. The average molecular weight is 313 g/mol. The molecule has 0 aliphatic heterocycles. The molecule has 0 bridgehead atoms. The highest BCUT2D eigenvalue weighted by Gasteiger charge is 2.63. The third kappa shape index (κ3) is 2.77. The van der Waals surface area contributed by atoms with E-state index in [0.717, 1.165) is 12.1 Å². The van der Waals surface area contributed by atoms with Gasteiger partial charge in [-0.3, -0.25) is 4.79 Å². The summed E-state index contributed by atoms with van der Waals surface area (Å²) in [7, 11) is 0. The number of nitrogens with zero attached hydrogens (tertiary/aromatic N) is 2. The van der Waals surface area contributed by atoms with Crippen molar-refractivity contribution in [1.29, 1.82) is 0 Å². The molecule has 2 atom stereocenters. The number of aliphatic carboxylic acids is 1. The van der Waals surface area contributed by atoms with Crippen LogP contribution in [0.5, 0.6) is 0 Å². The summed E-state index contributed by atoms with van der Waals surface area (Å²) in [5, 5.41) is 9.80.